The van der Waals surface area contributed by atoms with Crippen LogP contribution in [-0.2, 0) is 27.9 Å². The predicted molar refractivity (Wildman–Crippen MR) is 219 cm³/mol. The Morgan fingerprint density at radius 1 is 0.566 bits per heavy atom. The van der Waals surface area contributed by atoms with E-state index in [1.54, 1.807) is 0 Å². The van der Waals surface area contributed by atoms with Gasteiger partial charge in [-0.05, 0) is 64.2 Å². The first-order chi connectivity index (χ1) is 25.8. The molecule has 0 aromatic carbocycles. The molecule has 0 aromatic heterocycles. The fourth-order valence-electron chi connectivity index (χ4n) is 5.99. The van der Waals surface area contributed by atoms with Crippen molar-refractivity contribution in [3.63, 3.8) is 0 Å². The zero-order valence-corrected chi connectivity index (χ0v) is 35.1. The van der Waals surface area contributed by atoms with Crippen LogP contribution in [0.5, 0.6) is 0 Å². The van der Waals surface area contributed by atoms with E-state index in [9.17, 15) is 19.4 Å². The number of aliphatic hydroxyl groups excluding tert-OH is 2. The van der Waals surface area contributed by atoms with Crippen LogP contribution >= 0.6 is 7.82 Å². The topological polar surface area (TPSA) is 132 Å². The van der Waals surface area contributed by atoms with E-state index in [2.05, 4.69) is 38.2 Å². The van der Waals surface area contributed by atoms with Crippen molar-refractivity contribution < 1.29 is 43.0 Å². The fraction of sp³-hybridized carbons (Fsp3) is 0.884. The molecule has 0 radical (unpaired) electrons. The number of allylic oxidation sites excluding steroid dienone is 4. The Morgan fingerprint density at radius 2 is 0.962 bits per heavy atom. The molecule has 0 aliphatic heterocycles. The summed E-state index contributed by atoms with van der Waals surface area (Å²) in [7, 11) is -4.51. The summed E-state index contributed by atoms with van der Waals surface area (Å²) in [6.45, 7) is 3.50. The average molecular weight is 775 g/mol. The van der Waals surface area contributed by atoms with E-state index in [0.717, 1.165) is 44.9 Å². The van der Waals surface area contributed by atoms with Crippen molar-refractivity contribution in [2.45, 2.75) is 212 Å². The van der Waals surface area contributed by atoms with Gasteiger partial charge in [-0.25, -0.2) is 4.57 Å². The minimum atomic E-state index is -4.51. The lowest BCUT2D eigenvalue weighted by atomic mass is 10.1. The number of unbranched alkanes of at least 4 members (excludes halogenated alkanes) is 24. The van der Waals surface area contributed by atoms with E-state index >= 15 is 0 Å². The molecule has 0 spiro atoms. The Hall–Kier alpha value is -1.06. The number of phosphoric ester groups is 1. The number of aliphatic hydroxyl groups is 2. The van der Waals surface area contributed by atoms with Crippen LogP contribution in [0.2, 0.25) is 0 Å². The number of carbonyl (C=O) groups is 1. The average Bonchev–Trinajstić information content (AvgIpc) is 3.15. The zero-order chi connectivity index (χ0) is 38.9. The molecule has 3 atom stereocenters. The summed E-state index contributed by atoms with van der Waals surface area (Å²) in [5, 5.41) is 18.3. The zero-order valence-electron chi connectivity index (χ0n) is 34.2. The second kappa shape index (κ2) is 40.6. The molecule has 0 fully saturated rings. The number of ether oxygens (including phenoxy) is 2. The van der Waals surface area contributed by atoms with Gasteiger partial charge in [-0.15, -0.1) is 0 Å². The van der Waals surface area contributed by atoms with Gasteiger partial charge in [0, 0.05) is 13.0 Å². The largest absolute Gasteiger partial charge is 0.472 e. The van der Waals surface area contributed by atoms with Crippen molar-refractivity contribution in [1.82, 2.24) is 0 Å². The molecule has 0 rings (SSSR count). The molecule has 53 heavy (non-hydrogen) atoms. The Kier molecular flexibility index (Phi) is 39.8. The summed E-state index contributed by atoms with van der Waals surface area (Å²) in [5.74, 6) is -0.386. The summed E-state index contributed by atoms with van der Waals surface area (Å²) in [6, 6.07) is 0. The first-order valence-corrected chi connectivity index (χ1v) is 23.3. The molecule has 3 N–H and O–H groups in total. The lowest BCUT2D eigenvalue weighted by molar-refractivity contribution is -0.154. The third-order valence-corrected chi connectivity index (χ3v) is 10.3. The van der Waals surface area contributed by atoms with Gasteiger partial charge in [-0.1, -0.05) is 154 Å². The maximum atomic E-state index is 12.6. The Morgan fingerprint density at radius 3 is 1.45 bits per heavy atom. The first kappa shape index (κ1) is 51.9. The Balaban J connectivity index is 4.14. The van der Waals surface area contributed by atoms with Crippen molar-refractivity contribution in [2.75, 3.05) is 33.0 Å². The van der Waals surface area contributed by atoms with Gasteiger partial charge in [-0.2, -0.15) is 0 Å². The van der Waals surface area contributed by atoms with Gasteiger partial charge in [0.1, 0.15) is 12.2 Å². The molecule has 314 valence electrons. The molecule has 0 aromatic rings. The highest BCUT2D eigenvalue weighted by Gasteiger charge is 2.26. The second-order valence-electron chi connectivity index (χ2n) is 14.7. The molecule has 0 heterocycles. The van der Waals surface area contributed by atoms with E-state index < -0.39 is 33.2 Å². The summed E-state index contributed by atoms with van der Waals surface area (Å²) in [6.07, 6.45) is 41.3. The second-order valence-corrected chi connectivity index (χ2v) is 16.2. The Labute approximate surface area is 325 Å². The summed E-state index contributed by atoms with van der Waals surface area (Å²) >= 11 is 0. The number of hydrogen-bond acceptors (Lipinski definition) is 8. The van der Waals surface area contributed by atoms with Gasteiger partial charge in [-0.3, -0.25) is 13.8 Å². The number of esters is 1. The standard InChI is InChI=1S/C43H83O9P/c1-3-5-7-9-11-13-15-17-18-19-20-21-22-23-25-27-29-31-33-35-43(46)52-42(40-51-53(47,48)50-38-41(45)37-44)39-49-36-34-32-30-28-26-24-16-14-12-10-8-6-4-2/h12,14,17-18,41-42,44-45H,3-11,13,15-16,19-40H2,1-2H3,(H,47,48)/b14-12-,18-17-. The van der Waals surface area contributed by atoms with Gasteiger partial charge < -0.3 is 24.6 Å². The van der Waals surface area contributed by atoms with Crippen molar-refractivity contribution in [1.29, 1.82) is 0 Å². The van der Waals surface area contributed by atoms with Crippen molar-refractivity contribution in [2.24, 2.45) is 0 Å². The summed E-state index contributed by atoms with van der Waals surface area (Å²) in [4.78, 5) is 22.6. The van der Waals surface area contributed by atoms with Crippen LogP contribution < -0.4 is 0 Å². The van der Waals surface area contributed by atoms with Crippen molar-refractivity contribution >= 4 is 13.8 Å². The van der Waals surface area contributed by atoms with Crippen LogP contribution in [0, 0.1) is 0 Å². The number of carbonyl (C=O) groups excluding carboxylic acids is 1. The third kappa shape index (κ3) is 40.4. The molecule has 0 saturated heterocycles. The number of hydrogen-bond donors (Lipinski definition) is 3. The van der Waals surface area contributed by atoms with E-state index in [1.807, 2.05) is 0 Å². The van der Waals surface area contributed by atoms with E-state index in [-0.39, 0.29) is 25.6 Å². The van der Waals surface area contributed by atoms with Crippen LogP contribution in [0.15, 0.2) is 24.3 Å². The van der Waals surface area contributed by atoms with Gasteiger partial charge in [0.05, 0.1) is 26.4 Å². The third-order valence-electron chi connectivity index (χ3n) is 9.36. The molecule has 0 aliphatic carbocycles. The monoisotopic (exact) mass is 775 g/mol. The van der Waals surface area contributed by atoms with Crippen molar-refractivity contribution in [3.05, 3.63) is 24.3 Å². The maximum absolute atomic E-state index is 12.6. The van der Waals surface area contributed by atoms with Gasteiger partial charge in [0.15, 0.2) is 0 Å². The lowest BCUT2D eigenvalue weighted by Gasteiger charge is -2.20. The molecule has 0 bridgehead atoms. The molecule has 9 nitrogen and oxygen atoms in total. The van der Waals surface area contributed by atoms with Gasteiger partial charge in [0.25, 0.3) is 0 Å². The van der Waals surface area contributed by atoms with E-state index in [1.165, 1.54) is 135 Å². The molecular weight excluding hydrogens is 691 g/mol. The predicted octanol–water partition coefficient (Wildman–Crippen LogP) is 11.9. The van der Waals surface area contributed by atoms with Crippen LogP contribution in [0.4, 0.5) is 0 Å². The van der Waals surface area contributed by atoms with Crippen LogP contribution in [0.3, 0.4) is 0 Å². The molecular formula is C43H83O9P. The number of rotatable bonds is 42. The van der Waals surface area contributed by atoms with Gasteiger partial charge in [0.2, 0.25) is 0 Å². The molecule has 0 aliphatic rings. The van der Waals surface area contributed by atoms with E-state index in [4.69, 9.17) is 23.6 Å². The van der Waals surface area contributed by atoms with Gasteiger partial charge >= 0.3 is 13.8 Å². The SMILES string of the molecule is CCCCC/C=C\CCCCCCCCOCC(COP(=O)(O)OCC(O)CO)OC(=O)CCCCCCCCCCC/C=C\CCCCCCCC. The smallest absolute Gasteiger partial charge is 0.457 e. The minimum absolute atomic E-state index is 0.0467. The highest BCUT2D eigenvalue weighted by molar-refractivity contribution is 7.47. The Bertz CT molecular complexity index is 882. The summed E-state index contributed by atoms with van der Waals surface area (Å²) < 4.78 is 33.3. The highest BCUT2D eigenvalue weighted by atomic mass is 31.2. The summed E-state index contributed by atoms with van der Waals surface area (Å²) in [5.41, 5.74) is 0. The fourth-order valence-corrected chi connectivity index (χ4v) is 6.78. The quantitative estimate of drug-likeness (QED) is 0.0240. The lowest BCUT2D eigenvalue weighted by Crippen LogP contribution is -2.29. The minimum Gasteiger partial charge on any atom is -0.457 e. The van der Waals surface area contributed by atoms with E-state index in [0.29, 0.717) is 6.61 Å². The van der Waals surface area contributed by atoms with Crippen molar-refractivity contribution in [3.8, 4) is 0 Å². The normalized spacial score (nSPS) is 14.3. The first-order valence-electron chi connectivity index (χ1n) is 21.8. The van der Waals surface area contributed by atoms with Crippen LogP contribution in [0.1, 0.15) is 200 Å². The molecule has 10 heteroatoms. The number of phosphoric acid groups is 1. The maximum Gasteiger partial charge on any atom is 0.472 e. The highest BCUT2D eigenvalue weighted by Crippen LogP contribution is 2.43. The molecule has 3 unspecified atom stereocenters. The molecule has 0 amide bonds. The molecule has 0 saturated carbocycles. The van der Waals surface area contributed by atoms with Crippen LogP contribution in [-0.4, -0.2) is 66.3 Å². The van der Waals surface area contributed by atoms with Crippen LogP contribution in [0.25, 0.3) is 0 Å².